The Balaban J connectivity index is 1.83. The molecule has 104 valence electrons. The second-order valence-electron chi connectivity index (χ2n) is 7.45. The van der Waals surface area contributed by atoms with Crippen LogP contribution in [-0.2, 0) is 11.0 Å². The van der Waals surface area contributed by atoms with Gasteiger partial charge < -0.3 is 10.4 Å². The van der Waals surface area contributed by atoms with E-state index >= 15 is 0 Å². The number of fused-ring (bicyclic) bond motifs is 1. The topological polar surface area (TPSA) is 32.3 Å². The average molecular weight is 259 g/mol. The first kappa shape index (κ1) is 13.1. The van der Waals surface area contributed by atoms with Gasteiger partial charge in [-0.3, -0.25) is 0 Å². The Hall–Kier alpha value is -0.860. The van der Waals surface area contributed by atoms with E-state index < -0.39 is 5.60 Å². The molecule has 2 nitrogen and oxygen atoms in total. The molecule has 0 radical (unpaired) electrons. The van der Waals surface area contributed by atoms with Crippen molar-refractivity contribution in [3.63, 3.8) is 0 Å². The van der Waals surface area contributed by atoms with E-state index in [0.717, 1.165) is 31.5 Å². The summed E-state index contributed by atoms with van der Waals surface area (Å²) >= 11 is 0. The highest BCUT2D eigenvalue weighted by atomic mass is 16.3. The van der Waals surface area contributed by atoms with Crippen molar-refractivity contribution in [2.75, 3.05) is 13.1 Å². The van der Waals surface area contributed by atoms with Crippen LogP contribution < -0.4 is 5.32 Å². The number of hydrogen-bond donors (Lipinski definition) is 2. The van der Waals surface area contributed by atoms with Crippen LogP contribution in [0.2, 0.25) is 0 Å². The minimum absolute atomic E-state index is 0.178. The second kappa shape index (κ2) is 4.32. The van der Waals surface area contributed by atoms with Crippen molar-refractivity contribution >= 4 is 0 Å². The zero-order valence-corrected chi connectivity index (χ0v) is 12.2. The van der Waals surface area contributed by atoms with Crippen molar-refractivity contribution < 1.29 is 5.11 Å². The van der Waals surface area contributed by atoms with Crippen molar-refractivity contribution in [2.45, 2.75) is 44.6 Å². The van der Waals surface area contributed by atoms with E-state index in [4.69, 9.17) is 0 Å². The van der Waals surface area contributed by atoms with Gasteiger partial charge in [0.05, 0.1) is 5.60 Å². The van der Waals surface area contributed by atoms with Crippen LogP contribution in [0.3, 0.4) is 0 Å². The van der Waals surface area contributed by atoms with Gasteiger partial charge in [0.2, 0.25) is 0 Å². The van der Waals surface area contributed by atoms with E-state index in [-0.39, 0.29) is 5.41 Å². The normalized spacial score (nSPS) is 34.5. The zero-order chi connectivity index (χ0) is 13.7. The summed E-state index contributed by atoms with van der Waals surface area (Å²) in [6.45, 7) is 8.83. The van der Waals surface area contributed by atoms with E-state index in [1.165, 1.54) is 5.56 Å². The molecule has 2 unspecified atom stereocenters. The van der Waals surface area contributed by atoms with Crippen LogP contribution >= 0.6 is 0 Å². The van der Waals surface area contributed by atoms with E-state index in [1.807, 2.05) is 0 Å². The molecule has 19 heavy (non-hydrogen) atoms. The monoisotopic (exact) mass is 259 g/mol. The number of aliphatic hydroxyl groups is 1. The van der Waals surface area contributed by atoms with Gasteiger partial charge in [0, 0.05) is 0 Å². The Bertz CT molecular complexity index is 445. The van der Waals surface area contributed by atoms with E-state index in [9.17, 15) is 5.11 Å². The molecule has 0 aromatic heterocycles. The number of nitrogens with one attached hydrogen (secondary N) is 1. The Morgan fingerprint density at radius 2 is 1.58 bits per heavy atom. The summed E-state index contributed by atoms with van der Waals surface area (Å²) in [7, 11) is 0. The lowest BCUT2D eigenvalue weighted by atomic mass is 9.84. The highest BCUT2D eigenvalue weighted by Gasteiger charge is 2.46. The maximum Gasteiger partial charge on any atom is 0.0903 e. The molecule has 2 fully saturated rings. The van der Waals surface area contributed by atoms with Gasteiger partial charge in [-0.2, -0.15) is 0 Å². The smallest absolute Gasteiger partial charge is 0.0903 e. The summed E-state index contributed by atoms with van der Waals surface area (Å²) in [5.41, 5.74) is 2.03. The van der Waals surface area contributed by atoms with Crippen LogP contribution in [0.4, 0.5) is 0 Å². The minimum atomic E-state index is -0.589. The highest BCUT2D eigenvalue weighted by Crippen LogP contribution is 2.47. The molecule has 0 spiro atoms. The Kier molecular flexibility index (Phi) is 2.99. The molecule has 1 heterocycles. The number of hydrogen-bond acceptors (Lipinski definition) is 2. The SMILES string of the molecule is CC(C)(C)c1ccc(C2(O)CC3CNC[C@@H]3C2)cc1. The first-order chi connectivity index (χ1) is 8.88. The van der Waals surface area contributed by atoms with E-state index in [0.29, 0.717) is 11.8 Å². The molecule has 1 aliphatic carbocycles. The molecule has 2 heteroatoms. The molecule has 2 aliphatic rings. The third-order valence-electron chi connectivity index (χ3n) is 4.97. The molecule has 1 saturated heterocycles. The van der Waals surface area contributed by atoms with Gasteiger partial charge >= 0.3 is 0 Å². The van der Waals surface area contributed by atoms with Crippen LogP contribution in [-0.4, -0.2) is 18.2 Å². The van der Waals surface area contributed by atoms with Crippen molar-refractivity contribution in [2.24, 2.45) is 11.8 Å². The molecule has 1 aromatic rings. The lowest BCUT2D eigenvalue weighted by Crippen LogP contribution is -2.25. The van der Waals surface area contributed by atoms with E-state index in [1.54, 1.807) is 0 Å². The van der Waals surface area contributed by atoms with Crippen molar-refractivity contribution in [1.82, 2.24) is 5.32 Å². The fourth-order valence-corrected chi connectivity index (χ4v) is 3.73. The van der Waals surface area contributed by atoms with Crippen LogP contribution in [0, 0.1) is 11.8 Å². The van der Waals surface area contributed by atoms with Gasteiger partial charge in [0.1, 0.15) is 0 Å². The molecule has 0 amide bonds. The first-order valence-electron chi connectivity index (χ1n) is 7.43. The van der Waals surface area contributed by atoms with Crippen LogP contribution in [0.5, 0.6) is 0 Å². The molecule has 1 aromatic carbocycles. The van der Waals surface area contributed by atoms with Gasteiger partial charge in [-0.05, 0) is 54.3 Å². The maximum absolute atomic E-state index is 10.9. The van der Waals surface area contributed by atoms with Crippen LogP contribution in [0.1, 0.15) is 44.7 Å². The van der Waals surface area contributed by atoms with Gasteiger partial charge in [0.25, 0.3) is 0 Å². The Morgan fingerprint density at radius 3 is 2.05 bits per heavy atom. The van der Waals surface area contributed by atoms with Gasteiger partial charge in [-0.1, -0.05) is 45.0 Å². The number of benzene rings is 1. The zero-order valence-electron chi connectivity index (χ0n) is 12.2. The fraction of sp³-hybridized carbons (Fsp3) is 0.647. The van der Waals surface area contributed by atoms with Crippen LogP contribution in [0.25, 0.3) is 0 Å². The lowest BCUT2D eigenvalue weighted by molar-refractivity contribution is 0.0358. The van der Waals surface area contributed by atoms with Gasteiger partial charge in [-0.15, -0.1) is 0 Å². The van der Waals surface area contributed by atoms with Crippen molar-refractivity contribution in [3.05, 3.63) is 35.4 Å². The highest BCUT2D eigenvalue weighted by molar-refractivity contribution is 5.32. The van der Waals surface area contributed by atoms with Gasteiger partial charge in [-0.25, -0.2) is 0 Å². The summed E-state index contributed by atoms with van der Waals surface area (Å²) in [6, 6.07) is 8.63. The third kappa shape index (κ3) is 2.32. The summed E-state index contributed by atoms with van der Waals surface area (Å²) in [5.74, 6) is 1.32. The maximum atomic E-state index is 10.9. The van der Waals surface area contributed by atoms with Crippen LogP contribution in [0.15, 0.2) is 24.3 Å². The Labute approximate surface area is 116 Å². The lowest BCUT2D eigenvalue weighted by Gasteiger charge is -2.26. The molecular weight excluding hydrogens is 234 g/mol. The molecule has 2 N–H and O–H groups in total. The Morgan fingerprint density at radius 1 is 1.05 bits per heavy atom. The summed E-state index contributed by atoms with van der Waals surface area (Å²) in [5, 5.41) is 14.4. The van der Waals surface area contributed by atoms with Gasteiger partial charge in [0.15, 0.2) is 0 Å². The molecular formula is C17H25NO. The largest absolute Gasteiger partial charge is 0.385 e. The molecule has 1 aliphatic heterocycles. The van der Waals surface area contributed by atoms with E-state index in [2.05, 4.69) is 50.4 Å². The minimum Gasteiger partial charge on any atom is -0.385 e. The summed E-state index contributed by atoms with van der Waals surface area (Å²) in [6.07, 6.45) is 1.83. The van der Waals surface area contributed by atoms with Crippen molar-refractivity contribution in [1.29, 1.82) is 0 Å². The fourth-order valence-electron chi connectivity index (χ4n) is 3.73. The summed E-state index contributed by atoms with van der Waals surface area (Å²) in [4.78, 5) is 0. The molecule has 1 saturated carbocycles. The predicted molar refractivity (Wildman–Crippen MR) is 78.1 cm³/mol. The van der Waals surface area contributed by atoms with Crippen molar-refractivity contribution in [3.8, 4) is 0 Å². The average Bonchev–Trinajstić information content (AvgIpc) is 2.87. The number of rotatable bonds is 1. The second-order valence-corrected chi connectivity index (χ2v) is 7.45. The quantitative estimate of drug-likeness (QED) is 0.813. The molecule has 3 atom stereocenters. The third-order valence-corrected chi connectivity index (χ3v) is 4.97. The molecule has 0 bridgehead atoms. The predicted octanol–water partition coefficient (Wildman–Crippen LogP) is 2.80. The standard InChI is InChI=1S/C17H25NO/c1-16(2,3)14-4-6-15(7-5-14)17(19)8-12-10-18-11-13(12)9-17/h4-7,12-13,18-19H,8-11H2,1-3H3/t12-,13?,17?/m0/s1. The first-order valence-corrected chi connectivity index (χ1v) is 7.43. The molecule has 3 rings (SSSR count). The summed E-state index contributed by atoms with van der Waals surface area (Å²) < 4.78 is 0.